The standard InChI is InChI=1S/C17H24N2O3/c1-11-7-6-9-14(12(11)2)19-16(20)13(3)22-17(21)15-8-4-5-10-18-15/h4-5,8,10-14H,6-7,9H2,1-3H3,(H,19,20)/t11-,12-,13-,14-/m1/s1. The molecule has 120 valence electrons. The van der Waals surface area contributed by atoms with Gasteiger partial charge in [0, 0.05) is 12.2 Å². The van der Waals surface area contributed by atoms with Crippen molar-refractivity contribution in [1.82, 2.24) is 10.3 Å². The second-order valence-corrected chi connectivity index (χ2v) is 6.14. The highest BCUT2D eigenvalue weighted by Gasteiger charge is 2.30. The third kappa shape index (κ3) is 4.06. The van der Waals surface area contributed by atoms with E-state index in [0.717, 1.165) is 12.8 Å². The predicted molar refractivity (Wildman–Crippen MR) is 83.2 cm³/mol. The minimum absolute atomic E-state index is 0.159. The highest BCUT2D eigenvalue weighted by atomic mass is 16.5. The van der Waals surface area contributed by atoms with E-state index in [0.29, 0.717) is 11.8 Å². The molecule has 1 N–H and O–H groups in total. The van der Waals surface area contributed by atoms with Gasteiger partial charge >= 0.3 is 5.97 Å². The zero-order valence-electron chi connectivity index (χ0n) is 13.4. The molecule has 0 spiro atoms. The number of carbonyl (C=O) groups is 2. The first kappa shape index (κ1) is 16.5. The molecule has 1 amide bonds. The Morgan fingerprint density at radius 1 is 1.32 bits per heavy atom. The summed E-state index contributed by atoms with van der Waals surface area (Å²) in [5.41, 5.74) is 0.210. The summed E-state index contributed by atoms with van der Waals surface area (Å²) in [5.74, 6) is 0.227. The molecule has 5 heteroatoms. The molecule has 22 heavy (non-hydrogen) atoms. The number of carbonyl (C=O) groups excluding carboxylic acids is 2. The van der Waals surface area contributed by atoms with Gasteiger partial charge in [-0.25, -0.2) is 9.78 Å². The second-order valence-electron chi connectivity index (χ2n) is 6.14. The van der Waals surface area contributed by atoms with Crippen LogP contribution in [0, 0.1) is 11.8 Å². The number of amides is 1. The third-order valence-electron chi connectivity index (χ3n) is 4.56. The maximum atomic E-state index is 12.2. The van der Waals surface area contributed by atoms with E-state index in [-0.39, 0.29) is 17.6 Å². The molecule has 0 radical (unpaired) electrons. The van der Waals surface area contributed by atoms with Crippen LogP contribution in [0.25, 0.3) is 0 Å². The Labute approximate surface area is 131 Å². The number of nitrogens with one attached hydrogen (secondary N) is 1. The van der Waals surface area contributed by atoms with E-state index in [1.54, 1.807) is 25.1 Å². The Balaban J connectivity index is 1.88. The Hall–Kier alpha value is -1.91. The fourth-order valence-electron chi connectivity index (χ4n) is 2.84. The number of nitrogens with zero attached hydrogens (tertiary/aromatic N) is 1. The lowest BCUT2D eigenvalue weighted by molar-refractivity contribution is -0.130. The van der Waals surface area contributed by atoms with Crippen LogP contribution in [0.15, 0.2) is 24.4 Å². The minimum atomic E-state index is -0.820. The molecule has 1 heterocycles. The van der Waals surface area contributed by atoms with Crippen LogP contribution in [0.3, 0.4) is 0 Å². The number of hydrogen-bond donors (Lipinski definition) is 1. The SMILES string of the molecule is C[C@@H]1[C@H](C)CCC[C@H]1NC(=O)[C@@H](C)OC(=O)c1ccccn1. The maximum absolute atomic E-state index is 12.2. The van der Waals surface area contributed by atoms with Crippen LogP contribution in [-0.4, -0.2) is 29.0 Å². The summed E-state index contributed by atoms with van der Waals surface area (Å²) in [5, 5.41) is 3.02. The Morgan fingerprint density at radius 2 is 2.09 bits per heavy atom. The first-order chi connectivity index (χ1) is 10.5. The van der Waals surface area contributed by atoms with Gasteiger partial charge in [0.2, 0.25) is 0 Å². The molecule has 5 nitrogen and oxygen atoms in total. The van der Waals surface area contributed by atoms with Crippen molar-refractivity contribution in [1.29, 1.82) is 0 Å². The van der Waals surface area contributed by atoms with Crippen molar-refractivity contribution >= 4 is 11.9 Å². The minimum Gasteiger partial charge on any atom is -0.448 e. The average molecular weight is 304 g/mol. The van der Waals surface area contributed by atoms with Gasteiger partial charge < -0.3 is 10.1 Å². The van der Waals surface area contributed by atoms with E-state index in [1.807, 2.05) is 0 Å². The lowest BCUT2D eigenvalue weighted by Gasteiger charge is -2.35. The average Bonchev–Trinajstić information content (AvgIpc) is 2.52. The fourth-order valence-corrected chi connectivity index (χ4v) is 2.84. The van der Waals surface area contributed by atoms with Gasteiger partial charge in [0.15, 0.2) is 6.10 Å². The van der Waals surface area contributed by atoms with Crippen LogP contribution in [0.5, 0.6) is 0 Å². The molecule has 0 aliphatic heterocycles. The molecule has 1 aromatic heterocycles. The van der Waals surface area contributed by atoms with Crippen molar-refractivity contribution < 1.29 is 14.3 Å². The van der Waals surface area contributed by atoms with E-state index in [4.69, 9.17) is 4.74 Å². The molecule has 1 aliphatic carbocycles. The Bertz CT molecular complexity index is 518. The lowest BCUT2D eigenvalue weighted by Crippen LogP contribution is -2.47. The van der Waals surface area contributed by atoms with Crippen LogP contribution < -0.4 is 5.32 Å². The van der Waals surface area contributed by atoms with Crippen LogP contribution in [0.4, 0.5) is 0 Å². The number of ether oxygens (including phenoxy) is 1. The summed E-state index contributed by atoms with van der Waals surface area (Å²) in [4.78, 5) is 28.0. The predicted octanol–water partition coefficient (Wildman–Crippen LogP) is 2.57. The normalized spacial score (nSPS) is 26.0. The van der Waals surface area contributed by atoms with E-state index < -0.39 is 12.1 Å². The molecule has 1 aliphatic rings. The molecule has 1 aromatic rings. The molecule has 4 atom stereocenters. The van der Waals surface area contributed by atoms with Crippen LogP contribution in [0.2, 0.25) is 0 Å². The molecular formula is C17H24N2O3. The van der Waals surface area contributed by atoms with Gasteiger partial charge in [-0.3, -0.25) is 4.79 Å². The molecule has 1 fully saturated rings. The van der Waals surface area contributed by atoms with Gasteiger partial charge in [-0.1, -0.05) is 32.8 Å². The maximum Gasteiger partial charge on any atom is 0.357 e. The fraction of sp³-hybridized carbons (Fsp3) is 0.588. The van der Waals surface area contributed by atoms with Gasteiger partial charge in [-0.15, -0.1) is 0 Å². The number of esters is 1. The van der Waals surface area contributed by atoms with Crippen molar-refractivity contribution in [2.45, 2.75) is 52.2 Å². The highest BCUT2D eigenvalue weighted by molar-refractivity contribution is 5.90. The van der Waals surface area contributed by atoms with Gasteiger partial charge in [-0.05, 0) is 37.3 Å². The van der Waals surface area contributed by atoms with Crippen molar-refractivity contribution in [3.05, 3.63) is 30.1 Å². The van der Waals surface area contributed by atoms with Crippen molar-refractivity contribution in [3.63, 3.8) is 0 Å². The monoisotopic (exact) mass is 304 g/mol. The van der Waals surface area contributed by atoms with Gasteiger partial charge in [0.1, 0.15) is 5.69 Å². The zero-order valence-corrected chi connectivity index (χ0v) is 13.4. The topological polar surface area (TPSA) is 68.3 Å². The van der Waals surface area contributed by atoms with Crippen molar-refractivity contribution in [3.8, 4) is 0 Å². The number of hydrogen-bond acceptors (Lipinski definition) is 4. The quantitative estimate of drug-likeness (QED) is 0.868. The third-order valence-corrected chi connectivity index (χ3v) is 4.56. The molecule has 2 rings (SSSR count). The Kier molecular flexibility index (Phi) is 5.52. The summed E-state index contributed by atoms with van der Waals surface area (Å²) in [6, 6.07) is 5.16. The van der Waals surface area contributed by atoms with E-state index >= 15 is 0 Å². The summed E-state index contributed by atoms with van der Waals surface area (Å²) < 4.78 is 5.19. The zero-order chi connectivity index (χ0) is 16.1. The molecule has 0 unspecified atom stereocenters. The summed E-state index contributed by atoms with van der Waals surface area (Å²) in [7, 11) is 0. The molecule has 0 aromatic carbocycles. The summed E-state index contributed by atoms with van der Waals surface area (Å²) >= 11 is 0. The number of aromatic nitrogens is 1. The molecule has 1 saturated carbocycles. The first-order valence-electron chi connectivity index (χ1n) is 7.91. The van der Waals surface area contributed by atoms with Gasteiger partial charge in [0.25, 0.3) is 5.91 Å². The largest absolute Gasteiger partial charge is 0.448 e. The van der Waals surface area contributed by atoms with Gasteiger partial charge in [-0.2, -0.15) is 0 Å². The van der Waals surface area contributed by atoms with Crippen molar-refractivity contribution in [2.75, 3.05) is 0 Å². The van der Waals surface area contributed by atoms with E-state index in [9.17, 15) is 9.59 Å². The van der Waals surface area contributed by atoms with E-state index in [2.05, 4.69) is 24.1 Å². The second kappa shape index (κ2) is 7.38. The lowest BCUT2D eigenvalue weighted by atomic mass is 9.78. The molecule has 0 saturated heterocycles. The smallest absolute Gasteiger partial charge is 0.357 e. The molecule has 0 bridgehead atoms. The number of rotatable bonds is 4. The summed E-state index contributed by atoms with van der Waals surface area (Å²) in [6.07, 6.45) is 4.01. The van der Waals surface area contributed by atoms with Crippen molar-refractivity contribution in [2.24, 2.45) is 11.8 Å². The Morgan fingerprint density at radius 3 is 2.77 bits per heavy atom. The first-order valence-corrected chi connectivity index (χ1v) is 7.91. The highest BCUT2D eigenvalue weighted by Crippen LogP contribution is 2.29. The van der Waals surface area contributed by atoms with Gasteiger partial charge in [0.05, 0.1) is 0 Å². The van der Waals surface area contributed by atoms with Crippen LogP contribution in [0.1, 0.15) is 50.5 Å². The van der Waals surface area contributed by atoms with Crippen LogP contribution >= 0.6 is 0 Å². The summed E-state index contributed by atoms with van der Waals surface area (Å²) in [6.45, 7) is 5.97. The molecular weight excluding hydrogens is 280 g/mol. The number of pyridine rings is 1. The van der Waals surface area contributed by atoms with E-state index in [1.165, 1.54) is 12.6 Å². The van der Waals surface area contributed by atoms with Crippen LogP contribution in [-0.2, 0) is 9.53 Å².